The minimum Gasteiger partial charge on any atom is -0.477 e. The van der Waals surface area contributed by atoms with E-state index in [1.54, 1.807) is 18.2 Å². The maximum atomic E-state index is 13.2. The van der Waals surface area contributed by atoms with Gasteiger partial charge in [-0.25, -0.2) is 14.0 Å². The number of amides is 3. The molecule has 0 spiro atoms. The van der Waals surface area contributed by atoms with E-state index in [4.69, 9.17) is 16.3 Å². The van der Waals surface area contributed by atoms with E-state index in [-0.39, 0.29) is 35.0 Å². The lowest BCUT2D eigenvalue weighted by molar-refractivity contribution is 0.0692. The molecule has 1 atom stereocenters. The van der Waals surface area contributed by atoms with Crippen molar-refractivity contribution >= 4 is 46.0 Å². The van der Waals surface area contributed by atoms with Crippen molar-refractivity contribution in [3.63, 3.8) is 0 Å². The number of carbonyl (C=O) groups is 3. The molecule has 0 bridgehead atoms. The molecule has 4 N–H and O–H groups in total. The number of carbonyl (C=O) groups excluding carboxylic acids is 2. The molecule has 4 rings (SSSR count). The second-order valence-electron chi connectivity index (χ2n) is 8.76. The number of ether oxygens (including phenoxy) is 1. The molecule has 0 unspecified atom stereocenters. The van der Waals surface area contributed by atoms with Gasteiger partial charge in [-0.05, 0) is 62.0 Å². The van der Waals surface area contributed by atoms with E-state index in [0.29, 0.717) is 55.2 Å². The topological polar surface area (TPSA) is 133 Å². The smallest absolute Gasteiger partial charge is 0.344 e. The van der Waals surface area contributed by atoms with Crippen LogP contribution < -0.4 is 20.7 Å². The number of hydrogen-bond donors (Lipinski definition) is 4. The summed E-state index contributed by atoms with van der Waals surface area (Å²) in [5.74, 6) is -1.69. The lowest BCUT2D eigenvalue weighted by Gasteiger charge is -2.14. The number of benzene rings is 1. The molecule has 1 aliphatic carbocycles. The van der Waals surface area contributed by atoms with Crippen molar-refractivity contribution in [2.45, 2.75) is 44.5 Å². The highest BCUT2D eigenvalue weighted by Gasteiger charge is 2.26. The standard InChI is InChI=1S/C23H27ClFN5O5S/c24-17-5-2-13(19(31)27-16-3-4-16)10-14(17)12-35-20-18(22(32)33)21(36-29-20)28-23(34)26-7-1-8-30-9-6-15(25)11-30/h2,5,10,15-16H,1,3-4,6-9,11-12H2,(H,27,31)(H,32,33)(H2,26,28,34)/t15-/m0/s1. The van der Waals surface area contributed by atoms with E-state index in [1.807, 2.05) is 4.90 Å². The summed E-state index contributed by atoms with van der Waals surface area (Å²) < 4.78 is 22.9. The summed E-state index contributed by atoms with van der Waals surface area (Å²) in [7, 11) is 0. The zero-order valence-corrected chi connectivity index (χ0v) is 21.0. The van der Waals surface area contributed by atoms with E-state index in [2.05, 4.69) is 20.3 Å². The number of nitrogens with one attached hydrogen (secondary N) is 3. The van der Waals surface area contributed by atoms with Gasteiger partial charge in [0.25, 0.3) is 5.91 Å². The third kappa shape index (κ3) is 7.05. The van der Waals surface area contributed by atoms with Crippen LogP contribution in [0.25, 0.3) is 0 Å². The van der Waals surface area contributed by atoms with Gasteiger partial charge < -0.3 is 25.4 Å². The summed E-state index contributed by atoms with van der Waals surface area (Å²) in [4.78, 5) is 38.4. The van der Waals surface area contributed by atoms with Gasteiger partial charge in [-0.3, -0.25) is 10.1 Å². The van der Waals surface area contributed by atoms with Gasteiger partial charge >= 0.3 is 12.0 Å². The van der Waals surface area contributed by atoms with Crippen LogP contribution in [0.5, 0.6) is 5.88 Å². The summed E-state index contributed by atoms with van der Waals surface area (Å²) in [5.41, 5.74) is 0.642. The predicted molar refractivity (Wildman–Crippen MR) is 133 cm³/mol. The summed E-state index contributed by atoms with van der Waals surface area (Å²) in [6.07, 6.45) is 2.32. The number of halogens is 2. The number of carboxylic acid groups (broad SMARTS) is 1. The Bertz CT molecular complexity index is 1130. The number of aromatic carboxylic acids is 1. The highest BCUT2D eigenvalue weighted by molar-refractivity contribution is 7.11. The fourth-order valence-corrected chi connectivity index (χ4v) is 4.65. The molecule has 1 aromatic carbocycles. The van der Waals surface area contributed by atoms with Crippen LogP contribution in [-0.2, 0) is 6.61 Å². The lowest BCUT2D eigenvalue weighted by atomic mass is 10.1. The van der Waals surface area contributed by atoms with Gasteiger partial charge in [0.2, 0.25) is 5.88 Å². The first-order chi connectivity index (χ1) is 17.3. The Morgan fingerprint density at radius 2 is 2.08 bits per heavy atom. The average Bonchev–Trinajstić information content (AvgIpc) is 3.41. The monoisotopic (exact) mass is 539 g/mol. The molecule has 2 aromatic rings. The summed E-state index contributed by atoms with van der Waals surface area (Å²) in [5, 5.41) is 18.1. The highest BCUT2D eigenvalue weighted by Crippen LogP contribution is 2.32. The first-order valence-corrected chi connectivity index (χ1v) is 12.8. The van der Waals surface area contributed by atoms with Gasteiger partial charge in [0.05, 0.1) is 0 Å². The Morgan fingerprint density at radius 1 is 1.28 bits per heavy atom. The van der Waals surface area contributed by atoms with Crippen LogP contribution in [-0.4, -0.2) is 70.7 Å². The number of likely N-dealkylation sites (tertiary alicyclic amines) is 1. The molecule has 1 saturated heterocycles. The number of aromatic nitrogens is 1. The number of anilines is 1. The fourth-order valence-electron chi connectivity index (χ4n) is 3.76. The molecule has 36 heavy (non-hydrogen) atoms. The van der Waals surface area contributed by atoms with Crippen LogP contribution in [0, 0.1) is 0 Å². The number of nitrogens with zero attached hydrogens (tertiary/aromatic N) is 2. The molecule has 3 amide bonds. The van der Waals surface area contributed by atoms with E-state index in [0.717, 1.165) is 24.4 Å². The number of hydrogen-bond acceptors (Lipinski definition) is 7. The van der Waals surface area contributed by atoms with Crippen molar-refractivity contribution in [3.05, 3.63) is 39.9 Å². The Kier molecular flexibility index (Phi) is 8.60. The number of carboxylic acids is 1. The Hall–Kier alpha value is -2.96. The highest BCUT2D eigenvalue weighted by atomic mass is 35.5. The molecule has 0 radical (unpaired) electrons. The average molecular weight is 540 g/mol. The maximum Gasteiger partial charge on any atom is 0.344 e. The van der Waals surface area contributed by atoms with Crippen LogP contribution >= 0.6 is 23.1 Å². The normalized spacial score (nSPS) is 17.6. The molecule has 2 heterocycles. The second-order valence-corrected chi connectivity index (χ2v) is 9.94. The van der Waals surface area contributed by atoms with Crippen LogP contribution in [0.4, 0.5) is 14.2 Å². The van der Waals surface area contributed by atoms with Crippen LogP contribution in [0.1, 0.15) is 52.0 Å². The molecule has 2 aliphatic rings. The van der Waals surface area contributed by atoms with Gasteiger partial charge in [0, 0.05) is 41.8 Å². The molecule has 194 valence electrons. The molecule has 10 nitrogen and oxygen atoms in total. The Labute approximate surface area is 216 Å². The summed E-state index contributed by atoms with van der Waals surface area (Å²) in [6.45, 7) is 2.04. The lowest BCUT2D eigenvalue weighted by Crippen LogP contribution is -2.32. The van der Waals surface area contributed by atoms with Crippen molar-refractivity contribution in [2.75, 3.05) is 31.5 Å². The van der Waals surface area contributed by atoms with Crippen molar-refractivity contribution in [1.82, 2.24) is 19.9 Å². The van der Waals surface area contributed by atoms with Gasteiger partial charge in [-0.15, -0.1) is 0 Å². The minimum absolute atomic E-state index is 0.0264. The molecule has 1 saturated carbocycles. The zero-order valence-electron chi connectivity index (χ0n) is 19.4. The van der Waals surface area contributed by atoms with Crippen molar-refractivity contribution < 1.29 is 28.6 Å². The maximum absolute atomic E-state index is 13.2. The van der Waals surface area contributed by atoms with Crippen molar-refractivity contribution in [3.8, 4) is 5.88 Å². The van der Waals surface area contributed by atoms with E-state index >= 15 is 0 Å². The van der Waals surface area contributed by atoms with Crippen LogP contribution in [0.3, 0.4) is 0 Å². The molecule has 13 heteroatoms. The largest absolute Gasteiger partial charge is 0.477 e. The SMILES string of the molecule is O=C(NCCCN1CC[C@H](F)C1)Nc1snc(OCc2cc(C(=O)NC3CC3)ccc2Cl)c1C(=O)O. The summed E-state index contributed by atoms with van der Waals surface area (Å²) in [6, 6.07) is 4.42. The van der Waals surface area contributed by atoms with E-state index < -0.39 is 18.2 Å². The first kappa shape index (κ1) is 26.1. The first-order valence-electron chi connectivity index (χ1n) is 11.7. The third-order valence-electron chi connectivity index (χ3n) is 5.84. The van der Waals surface area contributed by atoms with E-state index in [9.17, 15) is 23.9 Å². The molecule has 2 fully saturated rings. The number of rotatable bonds is 11. The van der Waals surface area contributed by atoms with Crippen LogP contribution in [0.15, 0.2) is 18.2 Å². The zero-order chi connectivity index (χ0) is 25.7. The molecular weight excluding hydrogens is 513 g/mol. The third-order valence-corrected chi connectivity index (χ3v) is 6.95. The van der Waals surface area contributed by atoms with Crippen LogP contribution in [0.2, 0.25) is 5.02 Å². The van der Waals surface area contributed by atoms with Gasteiger partial charge in [-0.1, -0.05) is 11.6 Å². The Balaban J connectivity index is 1.31. The van der Waals surface area contributed by atoms with Gasteiger partial charge in [0.15, 0.2) is 5.56 Å². The predicted octanol–water partition coefficient (Wildman–Crippen LogP) is 3.52. The number of urea groups is 1. The Morgan fingerprint density at radius 3 is 2.78 bits per heavy atom. The second kappa shape index (κ2) is 11.8. The van der Waals surface area contributed by atoms with Gasteiger partial charge in [-0.2, -0.15) is 4.37 Å². The van der Waals surface area contributed by atoms with Gasteiger partial charge in [0.1, 0.15) is 17.8 Å². The summed E-state index contributed by atoms with van der Waals surface area (Å²) >= 11 is 7.02. The van der Waals surface area contributed by atoms with Crippen molar-refractivity contribution in [1.29, 1.82) is 0 Å². The molecule has 1 aliphatic heterocycles. The number of alkyl halides is 1. The van der Waals surface area contributed by atoms with Crippen molar-refractivity contribution in [2.24, 2.45) is 0 Å². The van der Waals surface area contributed by atoms with E-state index in [1.165, 1.54) is 0 Å². The fraction of sp³-hybridized carbons (Fsp3) is 0.478. The minimum atomic E-state index is -1.31. The molecular formula is C23H27ClFN5O5S. The molecule has 1 aromatic heterocycles. The quantitative estimate of drug-likeness (QED) is 0.321.